The van der Waals surface area contributed by atoms with Crippen molar-refractivity contribution >= 4 is 39.0 Å². The van der Waals surface area contributed by atoms with Crippen LogP contribution in [0.15, 0.2) is 75.7 Å². The smallest absolute Gasteiger partial charge is 0.237 e. The summed E-state index contributed by atoms with van der Waals surface area (Å²) >= 11 is 1.64. The van der Waals surface area contributed by atoms with Crippen LogP contribution >= 0.6 is 11.8 Å². The van der Waals surface area contributed by atoms with Gasteiger partial charge in [0.1, 0.15) is 17.2 Å². The third-order valence-corrected chi connectivity index (χ3v) is 5.87. The Hall–Kier alpha value is -3.61. The van der Waals surface area contributed by atoms with Crippen molar-refractivity contribution in [3.05, 3.63) is 71.8 Å². The number of thioether (sulfide) groups is 1. The lowest BCUT2D eigenvalue weighted by Gasteiger charge is -2.29. The Balaban J connectivity index is 1.63. The van der Waals surface area contributed by atoms with E-state index >= 15 is 0 Å². The Bertz CT molecular complexity index is 1240. The van der Waals surface area contributed by atoms with E-state index in [-0.39, 0.29) is 11.3 Å². The predicted octanol–water partition coefficient (Wildman–Crippen LogP) is 5.53. The van der Waals surface area contributed by atoms with Gasteiger partial charge in [0.15, 0.2) is 0 Å². The number of hydrogen-bond donors (Lipinski definition) is 1. The Morgan fingerprint density at radius 3 is 2.50 bits per heavy atom. The van der Waals surface area contributed by atoms with Crippen molar-refractivity contribution in [3.63, 3.8) is 0 Å². The van der Waals surface area contributed by atoms with Gasteiger partial charge in [-0.1, -0.05) is 48.2 Å². The first-order chi connectivity index (χ1) is 14.5. The van der Waals surface area contributed by atoms with E-state index in [1.165, 1.54) is 21.9 Å². The number of rotatable bonds is 3. The molecule has 1 N–H and O–H groups in total. The van der Waals surface area contributed by atoms with Gasteiger partial charge in [-0.05, 0) is 60.9 Å². The minimum Gasteiger partial charge on any atom is -0.277 e. The Kier molecular flexibility index (Phi) is 5.27. The summed E-state index contributed by atoms with van der Waals surface area (Å²) in [6.07, 6.45) is 0.911. The highest BCUT2D eigenvalue weighted by Crippen LogP contribution is 2.37. The average molecular weight is 410 g/mol. The summed E-state index contributed by atoms with van der Waals surface area (Å²) in [5.41, 5.74) is 5.60. The maximum atomic E-state index is 8.76. The van der Waals surface area contributed by atoms with E-state index in [0.29, 0.717) is 5.69 Å². The molecule has 0 saturated heterocycles. The van der Waals surface area contributed by atoms with Crippen LogP contribution in [0.25, 0.3) is 10.8 Å². The quantitative estimate of drug-likeness (QED) is 0.455. The van der Waals surface area contributed by atoms with Gasteiger partial charge in [0.05, 0.1) is 11.2 Å². The van der Waals surface area contributed by atoms with E-state index in [2.05, 4.69) is 60.8 Å². The number of hydrazone groups is 1. The van der Waals surface area contributed by atoms with Crippen LogP contribution in [0.1, 0.15) is 25.0 Å². The third kappa shape index (κ3) is 4.05. The van der Waals surface area contributed by atoms with Gasteiger partial charge in [-0.25, -0.2) is 0 Å². The van der Waals surface area contributed by atoms with Gasteiger partial charge in [-0.3, -0.25) is 10.4 Å². The maximum Gasteiger partial charge on any atom is 0.237 e. The van der Waals surface area contributed by atoms with Crippen molar-refractivity contribution in [1.82, 2.24) is 0 Å². The van der Waals surface area contributed by atoms with Gasteiger partial charge >= 0.3 is 0 Å². The van der Waals surface area contributed by atoms with Crippen LogP contribution in [0.3, 0.4) is 0 Å². The number of aliphatic imine (C=N–C) groups is 1. The maximum absolute atomic E-state index is 8.76. The van der Waals surface area contributed by atoms with Crippen molar-refractivity contribution in [1.29, 1.82) is 10.5 Å². The van der Waals surface area contributed by atoms with E-state index in [9.17, 15) is 0 Å². The molecule has 1 aliphatic rings. The molecule has 6 heteroatoms. The van der Waals surface area contributed by atoms with Crippen molar-refractivity contribution in [2.75, 3.05) is 5.43 Å². The highest BCUT2D eigenvalue weighted by molar-refractivity contribution is 8.14. The molecule has 0 saturated carbocycles. The third-order valence-electron chi connectivity index (χ3n) is 4.86. The highest BCUT2D eigenvalue weighted by atomic mass is 32.2. The number of fused-ring (bicyclic) bond motifs is 3. The van der Waals surface area contributed by atoms with E-state index in [4.69, 9.17) is 15.5 Å². The molecular formula is C24H19N5S. The molecule has 0 aliphatic carbocycles. The van der Waals surface area contributed by atoms with Crippen LogP contribution in [0.2, 0.25) is 0 Å². The zero-order chi connectivity index (χ0) is 21.1. The van der Waals surface area contributed by atoms with E-state index in [0.717, 1.165) is 16.4 Å². The lowest BCUT2D eigenvalue weighted by molar-refractivity contribution is 0.517. The lowest BCUT2D eigenvalue weighted by Crippen LogP contribution is -2.28. The fourth-order valence-electron chi connectivity index (χ4n) is 3.52. The Morgan fingerprint density at radius 2 is 1.77 bits per heavy atom. The van der Waals surface area contributed by atoms with Crippen LogP contribution in [0, 0.1) is 22.7 Å². The van der Waals surface area contributed by atoms with Gasteiger partial charge in [0, 0.05) is 10.5 Å². The monoisotopic (exact) mass is 409 g/mol. The Labute approximate surface area is 179 Å². The second-order valence-electron chi connectivity index (χ2n) is 7.64. The molecule has 4 rings (SSSR count). The zero-order valence-electron chi connectivity index (χ0n) is 16.7. The first-order valence-corrected chi connectivity index (χ1v) is 10.3. The second kappa shape index (κ2) is 8.02. The van der Waals surface area contributed by atoms with Crippen LogP contribution in [-0.2, 0) is 6.42 Å². The van der Waals surface area contributed by atoms with Crippen LogP contribution < -0.4 is 5.43 Å². The zero-order valence-corrected chi connectivity index (χ0v) is 17.5. The van der Waals surface area contributed by atoms with Gasteiger partial charge in [0.25, 0.3) is 0 Å². The van der Waals surface area contributed by atoms with Crippen molar-refractivity contribution < 1.29 is 0 Å². The molecule has 1 aliphatic heterocycles. The predicted molar refractivity (Wildman–Crippen MR) is 123 cm³/mol. The molecule has 3 aromatic carbocycles. The van der Waals surface area contributed by atoms with E-state index < -0.39 is 0 Å². The molecule has 0 spiro atoms. The molecule has 0 bridgehead atoms. The van der Waals surface area contributed by atoms with Crippen LogP contribution in [0.5, 0.6) is 0 Å². The van der Waals surface area contributed by atoms with Crippen molar-refractivity contribution in [2.45, 2.75) is 30.7 Å². The molecule has 3 aromatic rings. The number of anilines is 1. The largest absolute Gasteiger partial charge is 0.277 e. The minimum atomic E-state index is -0.212. The number of benzene rings is 3. The molecule has 0 amide bonds. The summed E-state index contributed by atoms with van der Waals surface area (Å²) in [5.74, 6) is 0. The number of nitrogens with one attached hydrogen (secondary N) is 1. The molecule has 0 unspecified atom stereocenters. The first kappa shape index (κ1) is 19.7. The first-order valence-electron chi connectivity index (χ1n) is 9.52. The topological polar surface area (TPSA) is 84.3 Å². The highest BCUT2D eigenvalue weighted by Gasteiger charge is 2.28. The molecule has 0 aromatic heterocycles. The normalized spacial score (nSPS) is 14.1. The summed E-state index contributed by atoms with van der Waals surface area (Å²) in [4.78, 5) is 6.09. The summed E-state index contributed by atoms with van der Waals surface area (Å²) in [7, 11) is 0. The van der Waals surface area contributed by atoms with Gasteiger partial charge < -0.3 is 0 Å². The fourth-order valence-corrected chi connectivity index (χ4v) is 4.61. The molecule has 0 fully saturated rings. The molecule has 1 heterocycles. The standard InChI is InChI=1S/C24H19N5S/c1-24(2)13-22-20-6-4-3-5-16(20)7-12-21(22)23(27-24)30-19-10-8-17(9-11-19)28-29-18(14-25)15-26/h3-12,28H,13H2,1-2H3. The summed E-state index contributed by atoms with van der Waals surface area (Å²) in [6, 6.07) is 24.0. The number of nitriles is 2. The van der Waals surface area contributed by atoms with Crippen molar-refractivity contribution in [3.8, 4) is 12.1 Å². The van der Waals surface area contributed by atoms with Crippen LogP contribution in [0.4, 0.5) is 5.69 Å². The molecule has 146 valence electrons. The number of nitrogens with zero attached hydrogens (tertiary/aromatic N) is 4. The second-order valence-corrected chi connectivity index (χ2v) is 8.70. The summed E-state index contributed by atoms with van der Waals surface area (Å²) < 4.78 is 0. The van der Waals surface area contributed by atoms with E-state index in [1.54, 1.807) is 23.9 Å². The van der Waals surface area contributed by atoms with Gasteiger partial charge in [-0.15, -0.1) is 0 Å². The molecule has 0 radical (unpaired) electrons. The van der Waals surface area contributed by atoms with E-state index in [1.807, 2.05) is 24.3 Å². The SMILES string of the molecule is CC1(C)Cc2c(ccc3ccccc23)C(Sc2ccc(NN=C(C#N)C#N)cc2)=N1. The molecular weight excluding hydrogens is 390 g/mol. The van der Waals surface area contributed by atoms with Crippen LogP contribution in [-0.4, -0.2) is 16.3 Å². The lowest BCUT2D eigenvalue weighted by atomic mass is 9.86. The van der Waals surface area contributed by atoms with Gasteiger partial charge in [0.2, 0.25) is 5.71 Å². The molecule has 30 heavy (non-hydrogen) atoms. The number of hydrogen-bond acceptors (Lipinski definition) is 6. The van der Waals surface area contributed by atoms with Gasteiger partial charge in [-0.2, -0.15) is 15.6 Å². The minimum absolute atomic E-state index is 0.166. The molecule has 0 atom stereocenters. The van der Waals surface area contributed by atoms with Crippen molar-refractivity contribution in [2.24, 2.45) is 10.1 Å². The molecule has 5 nitrogen and oxygen atoms in total. The average Bonchev–Trinajstić information content (AvgIpc) is 2.75. The summed E-state index contributed by atoms with van der Waals surface area (Å²) in [6.45, 7) is 4.34. The fraction of sp³-hybridized carbons (Fsp3) is 0.167. The summed E-state index contributed by atoms with van der Waals surface area (Å²) in [5, 5.41) is 24.8. The Morgan fingerprint density at radius 1 is 1.03 bits per heavy atom.